The highest BCUT2D eigenvalue weighted by molar-refractivity contribution is 7.15. The van der Waals surface area contributed by atoms with Gasteiger partial charge in [0.15, 0.2) is 0 Å². The Labute approximate surface area is 131 Å². The molecule has 2 rings (SSSR count). The summed E-state index contributed by atoms with van der Waals surface area (Å²) in [6, 6.07) is 8.69. The maximum absolute atomic E-state index is 5.48. The van der Waals surface area contributed by atoms with Gasteiger partial charge in [0.1, 0.15) is 10.8 Å². The molecule has 0 aliphatic carbocycles. The van der Waals surface area contributed by atoms with Gasteiger partial charge >= 0.3 is 0 Å². The van der Waals surface area contributed by atoms with Gasteiger partial charge in [0.25, 0.3) is 0 Å². The summed E-state index contributed by atoms with van der Waals surface area (Å²) in [6.45, 7) is 10.1. The molecule has 1 aromatic heterocycles. The van der Waals surface area contributed by atoms with E-state index in [1.54, 1.807) is 11.3 Å². The normalized spacial score (nSPS) is 11.1. The van der Waals surface area contributed by atoms with E-state index in [0.29, 0.717) is 12.6 Å². The molecule has 0 unspecified atom stereocenters. The van der Waals surface area contributed by atoms with Crippen LogP contribution in [0.15, 0.2) is 24.3 Å². The van der Waals surface area contributed by atoms with Gasteiger partial charge in [-0.05, 0) is 37.6 Å². The zero-order chi connectivity index (χ0) is 15.2. The molecule has 3 nitrogen and oxygen atoms in total. The van der Waals surface area contributed by atoms with Crippen molar-refractivity contribution in [2.75, 3.05) is 6.61 Å². The smallest absolute Gasteiger partial charge is 0.123 e. The molecular weight excluding hydrogens is 280 g/mol. The van der Waals surface area contributed by atoms with Gasteiger partial charge < -0.3 is 10.1 Å². The molecule has 0 atom stereocenters. The van der Waals surface area contributed by atoms with Crippen LogP contribution in [0.3, 0.4) is 0 Å². The number of nitrogens with zero attached hydrogens (tertiary/aromatic N) is 1. The van der Waals surface area contributed by atoms with Crippen molar-refractivity contribution >= 4 is 11.3 Å². The molecule has 0 saturated heterocycles. The first-order valence-electron chi connectivity index (χ1n) is 7.59. The highest BCUT2D eigenvalue weighted by Gasteiger charge is 2.11. The quantitative estimate of drug-likeness (QED) is 0.829. The SMILES string of the molecule is CCOc1ccc(-c2nc(CC)c(CNC(C)C)s2)cc1. The van der Waals surface area contributed by atoms with Crippen LogP contribution in [-0.2, 0) is 13.0 Å². The molecule has 1 N–H and O–H groups in total. The number of hydrogen-bond acceptors (Lipinski definition) is 4. The highest BCUT2D eigenvalue weighted by atomic mass is 32.1. The number of nitrogens with one attached hydrogen (secondary N) is 1. The summed E-state index contributed by atoms with van der Waals surface area (Å²) < 4.78 is 5.48. The minimum atomic E-state index is 0.491. The molecule has 0 spiro atoms. The van der Waals surface area contributed by atoms with Crippen LogP contribution in [0.1, 0.15) is 38.3 Å². The zero-order valence-electron chi connectivity index (χ0n) is 13.3. The van der Waals surface area contributed by atoms with E-state index in [2.05, 4.69) is 38.2 Å². The van der Waals surface area contributed by atoms with Gasteiger partial charge in [0.2, 0.25) is 0 Å². The molecule has 0 radical (unpaired) electrons. The molecule has 21 heavy (non-hydrogen) atoms. The predicted molar refractivity (Wildman–Crippen MR) is 90.1 cm³/mol. The third kappa shape index (κ3) is 4.29. The first-order chi connectivity index (χ1) is 10.1. The van der Waals surface area contributed by atoms with Crippen molar-refractivity contribution < 1.29 is 4.74 Å². The average molecular weight is 304 g/mol. The third-order valence-electron chi connectivity index (χ3n) is 3.20. The van der Waals surface area contributed by atoms with Gasteiger partial charge in [-0.3, -0.25) is 0 Å². The van der Waals surface area contributed by atoms with Crippen molar-refractivity contribution in [3.63, 3.8) is 0 Å². The Morgan fingerprint density at radius 2 is 1.90 bits per heavy atom. The predicted octanol–water partition coefficient (Wildman–Crippen LogP) is 4.27. The second kappa shape index (κ2) is 7.57. The molecule has 0 amide bonds. The number of benzene rings is 1. The Bertz CT molecular complexity index is 561. The van der Waals surface area contributed by atoms with Crippen molar-refractivity contribution in [1.82, 2.24) is 10.3 Å². The molecule has 4 heteroatoms. The number of hydrogen-bond donors (Lipinski definition) is 1. The van der Waals surface area contributed by atoms with Crippen molar-refractivity contribution in [2.45, 2.75) is 46.7 Å². The molecule has 1 heterocycles. The van der Waals surface area contributed by atoms with E-state index in [9.17, 15) is 0 Å². The molecule has 0 aliphatic rings. The topological polar surface area (TPSA) is 34.1 Å². The van der Waals surface area contributed by atoms with Gasteiger partial charge in [-0.2, -0.15) is 0 Å². The fourth-order valence-electron chi connectivity index (χ4n) is 2.08. The third-order valence-corrected chi connectivity index (χ3v) is 4.34. The standard InChI is InChI=1S/C17H24N2OS/c1-5-15-16(11-18-12(3)4)21-17(19-15)13-7-9-14(10-8-13)20-6-2/h7-10,12,18H,5-6,11H2,1-4H3. The minimum absolute atomic E-state index is 0.491. The Hall–Kier alpha value is -1.39. The summed E-state index contributed by atoms with van der Waals surface area (Å²) in [5.74, 6) is 0.912. The molecule has 0 aliphatic heterocycles. The Kier molecular flexibility index (Phi) is 5.76. The molecule has 0 fully saturated rings. The van der Waals surface area contributed by atoms with Crippen molar-refractivity contribution in [3.05, 3.63) is 34.8 Å². The summed E-state index contributed by atoms with van der Waals surface area (Å²) in [4.78, 5) is 6.13. The lowest BCUT2D eigenvalue weighted by molar-refractivity contribution is 0.340. The van der Waals surface area contributed by atoms with Crippen LogP contribution in [-0.4, -0.2) is 17.6 Å². The number of rotatable bonds is 7. The summed E-state index contributed by atoms with van der Waals surface area (Å²) in [7, 11) is 0. The van der Waals surface area contributed by atoms with E-state index in [-0.39, 0.29) is 0 Å². The maximum Gasteiger partial charge on any atom is 0.123 e. The summed E-state index contributed by atoms with van der Waals surface area (Å²) in [6.07, 6.45) is 0.975. The van der Waals surface area contributed by atoms with Gasteiger partial charge in [0, 0.05) is 23.0 Å². The van der Waals surface area contributed by atoms with Crippen molar-refractivity contribution in [2.24, 2.45) is 0 Å². The molecule has 2 aromatic rings. The highest BCUT2D eigenvalue weighted by Crippen LogP contribution is 2.29. The first-order valence-corrected chi connectivity index (χ1v) is 8.40. The van der Waals surface area contributed by atoms with Crippen LogP contribution in [0.2, 0.25) is 0 Å². The monoisotopic (exact) mass is 304 g/mol. The number of aromatic nitrogens is 1. The van der Waals surface area contributed by atoms with E-state index in [1.807, 2.05) is 19.1 Å². The van der Waals surface area contributed by atoms with E-state index < -0.39 is 0 Å². The van der Waals surface area contributed by atoms with Crippen LogP contribution in [0.25, 0.3) is 10.6 Å². The Morgan fingerprint density at radius 1 is 1.19 bits per heavy atom. The van der Waals surface area contributed by atoms with E-state index >= 15 is 0 Å². The molecule has 0 saturated carbocycles. The fourth-order valence-corrected chi connectivity index (χ4v) is 3.18. The van der Waals surface area contributed by atoms with Crippen molar-refractivity contribution in [1.29, 1.82) is 0 Å². The van der Waals surface area contributed by atoms with Gasteiger partial charge in [-0.1, -0.05) is 20.8 Å². The summed E-state index contributed by atoms with van der Waals surface area (Å²) in [5, 5.41) is 4.57. The van der Waals surface area contributed by atoms with Crippen LogP contribution in [0.5, 0.6) is 5.75 Å². The van der Waals surface area contributed by atoms with Gasteiger partial charge in [-0.25, -0.2) is 4.98 Å². The van der Waals surface area contributed by atoms with Gasteiger partial charge in [0.05, 0.1) is 12.3 Å². The van der Waals surface area contributed by atoms with E-state index in [4.69, 9.17) is 9.72 Å². The molecular formula is C17H24N2OS. The second-order valence-corrected chi connectivity index (χ2v) is 6.32. The Morgan fingerprint density at radius 3 is 2.48 bits per heavy atom. The zero-order valence-corrected chi connectivity index (χ0v) is 14.1. The lowest BCUT2D eigenvalue weighted by atomic mass is 10.2. The van der Waals surface area contributed by atoms with E-state index in [1.165, 1.54) is 10.6 Å². The maximum atomic E-state index is 5.48. The Balaban J connectivity index is 2.19. The molecule has 0 bridgehead atoms. The largest absolute Gasteiger partial charge is 0.494 e. The first kappa shape index (κ1) is 16.0. The lowest BCUT2D eigenvalue weighted by Crippen LogP contribution is -2.21. The van der Waals surface area contributed by atoms with Crippen LogP contribution < -0.4 is 10.1 Å². The number of aryl methyl sites for hydroxylation is 1. The minimum Gasteiger partial charge on any atom is -0.494 e. The molecule has 1 aromatic carbocycles. The summed E-state index contributed by atoms with van der Waals surface area (Å²) in [5.41, 5.74) is 2.37. The number of thiazole rings is 1. The number of ether oxygens (including phenoxy) is 1. The van der Waals surface area contributed by atoms with Crippen LogP contribution in [0.4, 0.5) is 0 Å². The second-order valence-electron chi connectivity index (χ2n) is 5.24. The van der Waals surface area contributed by atoms with E-state index in [0.717, 1.165) is 29.3 Å². The molecule has 114 valence electrons. The van der Waals surface area contributed by atoms with Gasteiger partial charge in [-0.15, -0.1) is 11.3 Å². The van der Waals surface area contributed by atoms with Crippen LogP contribution >= 0.6 is 11.3 Å². The average Bonchev–Trinajstić information content (AvgIpc) is 2.89. The van der Waals surface area contributed by atoms with Crippen LogP contribution in [0, 0.1) is 0 Å². The lowest BCUT2D eigenvalue weighted by Gasteiger charge is -2.06. The summed E-state index contributed by atoms with van der Waals surface area (Å²) >= 11 is 1.78. The van der Waals surface area contributed by atoms with Crippen molar-refractivity contribution in [3.8, 4) is 16.3 Å². The fraction of sp³-hybridized carbons (Fsp3) is 0.471.